The molecule has 0 aliphatic carbocycles. The molecule has 1 aliphatic heterocycles. The van der Waals surface area contributed by atoms with Crippen molar-refractivity contribution in [2.45, 2.75) is 31.2 Å². The molecule has 2 heterocycles. The van der Waals surface area contributed by atoms with Crippen molar-refractivity contribution in [2.75, 3.05) is 20.2 Å². The number of hydrogen-bond donors (Lipinski definition) is 1. The van der Waals surface area contributed by atoms with Crippen molar-refractivity contribution in [3.63, 3.8) is 0 Å². The fourth-order valence-corrected chi connectivity index (χ4v) is 5.99. The van der Waals surface area contributed by atoms with Crippen molar-refractivity contribution in [2.24, 2.45) is 5.92 Å². The zero-order valence-electron chi connectivity index (χ0n) is 19.8. The highest BCUT2D eigenvalue weighted by atomic mass is 32.2. The van der Waals surface area contributed by atoms with E-state index in [1.807, 2.05) is 54.6 Å². The lowest BCUT2D eigenvalue weighted by Crippen LogP contribution is -2.45. The summed E-state index contributed by atoms with van der Waals surface area (Å²) in [6, 6.07) is 17.0. The van der Waals surface area contributed by atoms with Gasteiger partial charge in [-0.2, -0.15) is 4.31 Å². The minimum Gasteiger partial charge on any atom is -0.496 e. The number of carbonyl (C=O) groups excluding carboxylic acids is 1. The van der Waals surface area contributed by atoms with Gasteiger partial charge in [-0.25, -0.2) is 8.42 Å². The molecule has 1 unspecified atom stereocenters. The Hall–Kier alpha value is -3.43. The van der Waals surface area contributed by atoms with E-state index in [0.29, 0.717) is 37.4 Å². The average molecular weight is 496 g/mol. The van der Waals surface area contributed by atoms with E-state index in [0.717, 1.165) is 11.1 Å². The highest BCUT2D eigenvalue weighted by molar-refractivity contribution is 7.89. The Bertz CT molecular complexity index is 1300. The third kappa shape index (κ3) is 5.63. The molecule has 3 aromatic rings. The normalized spacial score (nSPS) is 16.9. The molecular weight excluding hydrogens is 466 g/mol. The Kier molecular flexibility index (Phi) is 7.67. The molecule has 1 saturated heterocycles. The summed E-state index contributed by atoms with van der Waals surface area (Å²) in [5, 5.41) is 6.83. The van der Waals surface area contributed by atoms with Crippen LogP contribution < -0.4 is 10.1 Å². The summed E-state index contributed by atoms with van der Waals surface area (Å²) < 4.78 is 39.2. The largest absolute Gasteiger partial charge is 0.496 e. The number of rotatable bonds is 8. The second-order valence-corrected chi connectivity index (χ2v) is 10.3. The van der Waals surface area contributed by atoms with E-state index >= 15 is 0 Å². The monoisotopic (exact) mass is 495 g/mol. The van der Waals surface area contributed by atoms with Gasteiger partial charge in [0.1, 0.15) is 11.4 Å². The van der Waals surface area contributed by atoms with Crippen molar-refractivity contribution in [1.82, 2.24) is 14.8 Å². The number of hydrogen-bond acceptors (Lipinski definition) is 6. The summed E-state index contributed by atoms with van der Waals surface area (Å²) in [5.41, 5.74) is 2.06. The Balaban J connectivity index is 1.48. The van der Waals surface area contributed by atoms with Crippen molar-refractivity contribution >= 4 is 28.1 Å². The van der Waals surface area contributed by atoms with Gasteiger partial charge in [-0.3, -0.25) is 4.79 Å². The van der Waals surface area contributed by atoms with Crippen molar-refractivity contribution in [1.29, 1.82) is 0 Å². The van der Waals surface area contributed by atoms with Crippen molar-refractivity contribution in [3.8, 4) is 5.75 Å². The predicted molar refractivity (Wildman–Crippen MR) is 133 cm³/mol. The number of sulfonamides is 1. The molecule has 4 rings (SSSR count). The smallest absolute Gasteiger partial charge is 0.248 e. The van der Waals surface area contributed by atoms with E-state index in [-0.39, 0.29) is 23.1 Å². The fourth-order valence-electron chi connectivity index (χ4n) is 4.21. The first-order chi connectivity index (χ1) is 16.9. The number of ether oxygens (including phenoxy) is 1. The van der Waals surface area contributed by atoms with Crippen LogP contribution in [-0.2, 0) is 21.4 Å². The molecule has 1 aromatic heterocycles. The standard InChI is InChI=1S/C26H29N3O5S/c1-19-25(24(34-28-19)15-14-20-9-4-3-5-10-20)35(31,32)29-16-8-12-22(18-29)26(30)27-17-21-11-6-7-13-23(21)33-2/h3-7,9-11,13-15,22H,8,12,16-18H2,1-2H3,(H,27,30). The number of aryl methyl sites for hydroxylation is 1. The molecule has 1 N–H and O–H groups in total. The zero-order chi connectivity index (χ0) is 24.8. The Morgan fingerprint density at radius 3 is 2.69 bits per heavy atom. The van der Waals surface area contributed by atoms with Gasteiger partial charge in [-0.15, -0.1) is 0 Å². The molecule has 0 radical (unpaired) electrons. The topological polar surface area (TPSA) is 102 Å². The molecule has 9 heteroatoms. The number of benzene rings is 2. The summed E-state index contributed by atoms with van der Waals surface area (Å²) >= 11 is 0. The van der Waals surface area contributed by atoms with E-state index in [1.165, 1.54) is 4.31 Å². The van der Waals surface area contributed by atoms with Gasteiger partial charge < -0.3 is 14.6 Å². The van der Waals surface area contributed by atoms with Crippen LogP contribution in [0, 0.1) is 12.8 Å². The van der Waals surface area contributed by atoms with Gasteiger partial charge in [0.05, 0.1) is 13.0 Å². The molecule has 1 aliphatic rings. The molecule has 1 amide bonds. The molecule has 184 valence electrons. The lowest BCUT2D eigenvalue weighted by molar-refractivity contribution is -0.126. The van der Waals surface area contributed by atoms with Crippen molar-refractivity contribution < 1.29 is 22.5 Å². The maximum atomic E-state index is 13.6. The number of nitrogens with zero attached hydrogens (tertiary/aromatic N) is 2. The van der Waals surface area contributed by atoms with Gasteiger partial charge in [-0.1, -0.05) is 59.8 Å². The minimum atomic E-state index is -3.90. The highest BCUT2D eigenvalue weighted by Crippen LogP contribution is 2.29. The first-order valence-corrected chi connectivity index (χ1v) is 12.9. The maximum Gasteiger partial charge on any atom is 0.248 e. The quantitative estimate of drug-likeness (QED) is 0.509. The number of nitrogens with one attached hydrogen (secondary N) is 1. The Labute approximate surface area is 205 Å². The second-order valence-electron chi connectivity index (χ2n) is 8.44. The van der Waals surface area contributed by atoms with Gasteiger partial charge in [-0.05, 0) is 37.5 Å². The van der Waals surface area contributed by atoms with Gasteiger partial charge in [0.25, 0.3) is 0 Å². The molecule has 35 heavy (non-hydrogen) atoms. The van der Waals surface area contributed by atoms with Gasteiger partial charge in [0.15, 0.2) is 10.7 Å². The van der Waals surface area contributed by atoms with Gasteiger partial charge in [0, 0.05) is 25.2 Å². The third-order valence-corrected chi connectivity index (χ3v) is 8.08. The van der Waals surface area contributed by atoms with Crippen LogP contribution in [0.2, 0.25) is 0 Å². The molecule has 1 fully saturated rings. The first-order valence-electron chi connectivity index (χ1n) is 11.5. The van der Waals surface area contributed by atoms with Crippen LogP contribution in [0.5, 0.6) is 5.75 Å². The average Bonchev–Trinajstić information content (AvgIpc) is 3.27. The van der Waals surface area contributed by atoms with Gasteiger partial charge >= 0.3 is 0 Å². The lowest BCUT2D eigenvalue weighted by atomic mass is 9.98. The zero-order valence-corrected chi connectivity index (χ0v) is 20.6. The molecule has 0 saturated carbocycles. The number of carbonyl (C=O) groups is 1. The third-order valence-electron chi connectivity index (χ3n) is 6.06. The fraction of sp³-hybridized carbons (Fsp3) is 0.308. The van der Waals surface area contributed by atoms with Gasteiger partial charge in [0.2, 0.25) is 15.9 Å². The van der Waals surface area contributed by atoms with Crippen LogP contribution in [0.25, 0.3) is 12.2 Å². The first kappa shape index (κ1) is 24.7. The maximum absolute atomic E-state index is 13.6. The van der Waals surface area contributed by atoms with Crippen LogP contribution in [-0.4, -0.2) is 44.0 Å². The number of amides is 1. The van der Waals surface area contributed by atoms with Crippen molar-refractivity contribution in [3.05, 3.63) is 77.2 Å². The Morgan fingerprint density at radius 1 is 1.17 bits per heavy atom. The SMILES string of the molecule is COc1ccccc1CNC(=O)C1CCCN(S(=O)(=O)c2c(C)noc2C=Cc2ccccc2)C1. The van der Waals surface area contributed by atoms with E-state index in [4.69, 9.17) is 9.26 Å². The summed E-state index contributed by atoms with van der Waals surface area (Å²) in [4.78, 5) is 12.9. The van der Waals surface area contributed by atoms with Crippen LogP contribution in [0.15, 0.2) is 64.0 Å². The number of para-hydroxylation sites is 1. The second kappa shape index (κ2) is 10.9. The summed E-state index contributed by atoms with van der Waals surface area (Å²) in [5.74, 6) is 0.243. The van der Waals surface area contributed by atoms with E-state index in [1.54, 1.807) is 26.2 Å². The summed E-state index contributed by atoms with van der Waals surface area (Å²) in [6.07, 6.45) is 4.60. The molecular formula is C26H29N3O5S. The molecule has 1 atom stereocenters. The minimum absolute atomic E-state index is 0.0414. The lowest BCUT2D eigenvalue weighted by Gasteiger charge is -2.31. The highest BCUT2D eigenvalue weighted by Gasteiger charge is 2.36. The van der Waals surface area contributed by atoms with Crippen LogP contribution in [0.1, 0.15) is 35.4 Å². The molecule has 2 aromatic carbocycles. The summed E-state index contributed by atoms with van der Waals surface area (Å²) in [7, 11) is -2.32. The Morgan fingerprint density at radius 2 is 1.91 bits per heavy atom. The van der Waals surface area contributed by atoms with Crippen LogP contribution >= 0.6 is 0 Å². The van der Waals surface area contributed by atoms with Crippen LogP contribution in [0.3, 0.4) is 0 Å². The van der Waals surface area contributed by atoms with E-state index < -0.39 is 15.9 Å². The predicted octanol–water partition coefficient (Wildman–Crippen LogP) is 3.88. The molecule has 0 bridgehead atoms. The molecule has 8 nitrogen and oxygen atoms in total. The van der Waals surface area contributed by atoms with E-state index in [2.05, 4.69) is 10.5 Å². The molecule has 0 spiro atoms. The summed E-state index contributed by atoms with van der Waals surface area (Å²) in [6.45, 7) is 2.36. The van der Waals surface area contributed by atoms with Crippen LogP contribution in [0.4, 0.5) is 0 Å². The number of methoxy groups -OCH3 is 1. The number of piperidine rings is 1. The number of aromatic nitrogens is 1. The van der Waals surface area contributed by atoms with E-state index in [9.17, 15) is 13.2 Å².